The van der Waals surface area contributed by atoms with Crippen molar-refractivity contribution in [3.8, 4) is 21.7 Å². The minimum Gasteiger partial charge on any atom is -0.456 e. The van der Waals surface area contributed by atoms with Gasteiger partial charge in [-0.3, -0.25) is 0 Å². The van der Waals surface area contributed by atoms with Crippen molar-refractivity contribution in [1.82, 2.24) is 4.98 Å². The first-order valence-corrected chi connectivity index (χ1v) is 19.0. The van der Waals surface area contributed by atoms with E-state index in [4.69, 9.17) is 9.40 Å². The number of furan rings is 1. The van der Waals surface area contributed by atoms with Crippen molar-refractivity contribution in [1.29, 1.82) is 0 Å². The lowest BCUT2D eigenvalue weighted by atomic mass is 9.98. The van der Waals surface area contributed by atoms with Crippen LogP contribution in [0.3, 0.4) is 0 Å². The van der Waals surface area contributed by atoms with E-state index in [-0.39, 0.29) is 0 Å². The Labute approximate surface area is 307 Å². The average molecular weight is 701 g/mol. The number of thiazole rings is 1. The van der Waals surface area contributed by atoms with Crippen LogP contribution in [-0.4, -0.2) is 4.98 Å². The molecule has 0 saturated heterocycles. The van der Waals surface area contributed by atoms with Crippen LogP contribution in [0.1, 0.15) is 0 Å². The zero-order valence-electron chi connectivity index (χ0n) is 27.8. The summed E-state index contributed by atoms with van der Waals surface area (Å²) < 4.78 is 9.93. The molecule has 5 heteroatoms. The quantitative estimate of drug-likeness (QED) is 0.179. The lowest BCUT2D eigenvalue weighted by Gasteiger charge is -2.26. The summed E-state index contributed by atoms with van der Waals surface area (Å²) in [5.41, 5.74) is 9.72. The fourth-order valence-corrected chi connectivity index (χ4v) is 9.77. The monoisotopic (exact) mass is 700 g/mol. The lowest BCUT2D eigenvalue weighted by molar-refractivity contribution is 0.669. The van der Waals surface area contributed by atoms with Crippen LogP contribution in [0.5, 0.6) is 0 Å². The zero-order chi connectivity index (χ0) is 34.2. The van der Waals surface area contributed by atoms with Crippen LogP contribution >= 0.6 is 22.7 Å². The van der Waals surface area contributed by atoms with Gasteiger partial charge in [0.15, 0.2) is 0 Å². The Hall–Kier alpha value is -6.27. The molecule has 3 nitrogen and oxygen atoms in total. The molecule has 0 amide bonds. The van der Waals surface area contributed by atoms with Gasteiger partial charge in [-0.25, -0.2) is 4.98 Å². The molecule has 3 heterocycles. The Morgan fingerprint density at radius 3 is 2.06 bits per heavy atom. The van der Waals surface area contributed by atoms with Gasteiger partial charge in [0.25, 0.3) is 0 Å². The molecule has 3 aromatic heterocycles. The SMILES string of the molecule is c1ccc(-c2nc3c(ccc4sc5cc(N(c6ccc(-c7cccc8ccccc78)cc6)c6ccc7oc8ccccc8c7c6)ccc5c43)s2)cc1. The van der Waals surface area contributed by atoms with Crippen molar-refractivity contribution >= 4 is 103 Å². The molecule has 0 aliphatic heterocycles. The standard InChI is InChI=1S/C47H28N2OS2/c1-2-10-31(11-3-1)47-48-46-43(52-47)26-25-42-45(46)38-23-21-34(28-44(38)51-42)49(33-22-24-41-39(27-33)37-14-6-7-16-40(37)50-41)32-19-17-30(18-20-32)36-15-8-12-29-9-4-5-13-35(29)36/h1-28H. The maximum absolute atomic E-state index is 6.23. The van der Waals surface area contributed by atoms with Gasteiger partial charge >= 0.3 is 0 Å². The molecule has 11 aromatic rings. The molecule has 8 aromatic carbocycles. The number of benzene rings is 8. The Kier molecular flexibility index (Phi) is 6.59. The van der Waals surface area contributed by atoms with E-state index >= 15 is 0 Å². The van der Waals surface area contributed by atoms with Crippen molar-refractivity contribution in [3.63, 3.8) is 0 Å². The second-order valence-electron chi connectivity index (χ2n) is 13.1. The van der Waals surface area contributed by atoms with Crippen LogP contribution in [-0.2, 0) is 0 Å². The summed E-state index contributed by atoms with van der Waals surface area (Å²) in [4.78, 5) is 7.56. The summed E-state index contributed by atoms with van der Waals surface area (Å²) >= 11 is 3.59. The van der Waals surface area contributed by atoms with Crippen molar-refractivity contribution < 1.29 is 4.42 Å². The van der Waals surface area contributed by atoms with Gasteiger partial charge in [-0.05, 0) is 82.6 Å². The van der Waals surface area contributed by atoms with Crippen LogP contribution < -0.4 is 4.90 Å². The number of nitrogens with zero attached hydrogens (tertiary/aromatic N) is 2. The zero-order valence-corrected chi connectivity index (χ0v) is 29.4. The molecule has 0 atom stereocenters. The summed E-state index contributed by atoms with van der Waals surface area (Å²) in [6.45, 7) is 0. The third-order valence-electron chi connectivity index (χ3n) is 10.1. The van der Waals surface area contributed by atoms with Crippen LogP contribution in [0.4, 0.5) is 17.1 Å². The molecular formula is C47H28N2OS2. The fourth-order valence-electron chi connectivity index (χ4n) is 7.65. The van der Waals surface area contributed by atoms with Crippen molar-refractivity contribution in [3.05, 3.63) is 170 Å². The van der Waals surface area contributed by atoms with Gasteiger partial charge in [0.1, 0.15) is 16.2 Å². The van der Waals surface area contributed by atoms with E-state index in [1.807, 2.05) is 23.5 Å². The Balaban J connectivity index is 1.08. The summed E-state index contributed by atoms with van der Waals surface area (Å²) in [5.74, 6) is 0. The van der Waals surface area contributed by atoms with Gasteiger partial charge in [-0.15, -0.1) is 22.7 Å². The molecule has 0 spiro atoms. The first-order chi connectivity index (χ1) is 25.7. The van der Waals surface area contributed by atoms with Gasteiger partial charge in [-0.2, -0.15) is 0 Å². The smallest absolute Gasteiger partial charge is 0.135 e. The lowest BCUT2D eigenvalue weighted by Crippen LogP contribution is -2.09. The topological polar surface area (TPSA) is 29.3 Å². The van der Waals surface area contributed by atoms with Crippen LogP contribution in [0.2, 0.25) is 0 Å². The molecule has 0 N–H and O–H groups in total. The van der Waals surface area contributed by atoms with Crippen molar-refractivity contribution in [2.24, 2.45) is 0 Å². The molecule has 0 radical (unpaired) electrons. The molecule has 0 fully saturated rings. The molecule has 0 unspecified atom stereocenters. The number of anilines is 3. The van der Waals surface area contributed by atoms with E-state index in [1.54, 1.807) is 11.3 Å². The first-order valence-electron chi connectivity index (χ1n) is 17.4. The van der Waals surface area contributed by atoms with Gasteiger partial charge in [0.05, 0.1) is 10.2 Å². The molecule has 0 aliphatic carbocycles. The Bertz CT molecular complexity index is 3130. The summed E-state index contributed by atoms with van der Waals surface area (Å²) in [5, 5.41) is 8.25. The summed E-state index contributed by atoms with van der Waals surface area (Å²) in [6.07, 6.45) is 0. The predicted octanol–water partition coefficient (Wildman–Crippen LogP) is 14.5. The van der Waals surface area contributed by atoms with E-state index < -0.39 is 0 Å². The number of hydrogen-bond acceptors (Lipinski definition) is 5. The number of aromatic nitrogens is 1. The highest BCUT2D eigenvalue weighted by atomic mass is 32.1. The number of fused-ring (bicyclic) bond motifs is 9. The number of hydrogen-bond donors (Lipinski definition) is 0. The predicted molar refractivity (Wildman–Crippen MR) is 223 cm³/mol. The molecule has 52 heavy (non-hydrogen) atoms. The Morgan fingerprint density at radius 1 is 0.442 bits per heavy atom. The number of rotatable bonds is 5. The average Bonchev–Trinajstić information content (AvgIpc) is 3.91. The van der Waals surface area contributed by atoms with Crippen LogP contribution in [0, 0.1) is 0 Å². The molecule has 0 saturated carbocycles. The third-order valence-corrected chi connectivity index (χ3v) is 12.3. The minimum absolute atomic E-state index is 0.887. The second-order valence-corrected chi connectivity index (χ2v) is 15.3. The molecule has 244 valence electrons. The normalized spacial score (nSPS) is 11.8. The largest absolute Gasteiger partial charge is 0.456 e. The van der Waals surface area contributed by atoms with Gasteiger partial charge < -0.3 is 9.32 Å². The highest BCUT2D eigenvalue weighted by Gasteiger charge is 2.19. The second kappa shape index (κ2) is 11.6. The maximum Gasteiger partial charge on any atom is 0.135 e. The van der Waals surface area contributed by atoms with Gasteiger partial charge in [0.2, 0.25) is 0 Å². The summed E-state index contributed by atoms with van der Waals surface area (Å²) in [7, 11) is 0. The van der Waals surface area contributed by atoms with Gasteiger partial charge in [0, 0.05) is 53.6 Å². The van der Waals surface area contributed by atoms with Gasteiger partial charge in [-0.1, -0.05) is 109 Å². The minimum atomic E-state index is 0.887. The van der Waals surface area contributed by atoms with E-state index in [2.05, 4.69) is 163 Å². The fraction of sp³-hybridized carbons (Fsp3) is 0. The highest BCUT2D eigenvalue weighted by Crippen LogP contribution is 2.45. The van der Waals surface area contributed by atoms with E-state index in [0.29, 0.717) is 0 Å². The van der Waals surface area contributed by atoms with Crippen LogP contribution in [0.15, 0.2) is 174 Å². The van der Waals surface area contributed by atoms with Crippen LogP contribution in [0.25, 0.3) is 84.8 Å². The number of para-hydroxylation sites is 1. The maximum atomic E-state index is 6.23. The summed E-state index contributed by atoms with van der Waals surface area (Å²) in [6, 6.07) is 60.8. The van der Waals surface area contributed by atoms with Crippen molar-refractivity contribution in [2.75, 3.05) is 4.90 Å². The first kappa shape index (κ1) is 29.5. The Morgan fingerprint density at radius 2 is 1.15 bits per heavy atom. The highest BCUT2D eigenvalue weighted by molar-refractivity contribution is 7.26. The third kappa shape index (κ3) is 4.67. The molecule has 11 rings (SSSR count). The van der Waals surface area contributed by atoms with Crippen molar-refractivity contribution in [2.45, 2.75) is 0 Å². The molecule has 0 bridgehead atoms. The van der Waals surface area contributed by atoms with E-state index in [9.17, 15) is 0 Å². The molecular weight excluding hydrogens is 673 g/mol. The molecule has 0 aliphatic rings. The number of thiophene rings is 1. The van der Waals surface area contributed by atoms with E-state index in [0.717, 1.165) is 55.1 Å². The van der Waals surface area contributed by atoms with E-state index in [1.165, 1.54) is 46.8 Å².